The van der Waals surface area contributed by atoms with Crippen LogP contribution in [0.2, 0.25) is 5.02 Å². The van der Waals surface area contributed by atoms with Gasteiger partial charge in [-0.2, -0.15) is 15.2 Å². The first kappa shape index (κ1) is 20.6. The van der Waals surface area contributed by atoms with Crippen LogP contribution in [0.15, 0.2) is 61.1 Å². The maximum atomic E-state index is 14.2. The average molecular weight is 465 g/mol. The third-order valence-electron chi connectivity index (χ3n) is 5.02. The molecule has 11 heteroatoms. The predicted molar refractivity (Wildman–Crippen MR) is 117 cm³/mol. The third kappa shape index (κ3) is 3.87. The van der Waals surface area contributed by atoms with E-state index in [1.54, 1.807) is 24.3 Å². The summed E-state index contributed by atoms with van der Waals surface area (Å²) in [5.41, 5.74) is 2.66. The van der Waals surface area contributed by atoms with Gasteiger partial charge in [0.05, 0.1) is 24.5 Å². The molecule has 0 amide bonds. The maximum absolute atomic E-state index is 14.2. The van der Waals surface area contributed by atoms with E-state index in [9.17, 15) is 14.3 Å². The van der Waals surface area contributed by atoms with Crippen LogP contribution in [0.1, 0.15) is 15.9 Å². The average Bonchev–Trinajstić information content (AvgIpc) is 3.43. The molecule has 0 unspecified atom stereocenters. The number of carboxylic acid groups (broad SMARTS) is 1. The number of aromatic hydroxyl groups is 1. The summed E-state index contributed by atoms with van der Waals surface area (Å²) in [4.78, 5) is 19.4. The second-order valence-electron chi connectivity index (χ2n) is 7.18. The number of hydrogen-bond donors (Lipinski definition) is 2. The van der Waals surface area contributed by atoms with Crippen molar-refractivity contribution in [2.75, 3.05) is 0 Å². The van der Waals surface area contributed by atoms with Gasteiger partial charge in [0.25, 0.3) is 5.95 Å². The zero-order chi connectivity index (χ0) is 23.1. The summed E-state index contributed by atoms with van der Waals surface area (Å²) < 4.78 is 16.9. The Morgan fingerprint density at radius 1 is 1.06 bits per heavy atom. The van der Waals surface area contributed by atoms with E-state index in [2.05, 4.69) is 20.2 Å². The minimum atomic E-state index is -1.14. The molecule has 2 aromatic carbocycles. The van der Waals surface area contributed by atoms with Crippen LogP contribution in [0, 0.1) is 5.82 Å². The van der Waals surface area contributed by atoms with Crippen molar-refractivity contribution >= 4 is 28.6 Å². The Bertz CT molecular complexity index is 1510. The predicted octanol–water partition coefficient (Wildman–Crippen LogP) is 3.92. The van der Waals surface area contributed by atoms with E-state index in [0.29, 0.717) is 33.7 Å². The molecule has 0 radical (unpaired) electrons. The number of aromatic nitrogens is 6. The SMILES string of the molecule is O=C(O)c1cnn(-c2nc(O)c3c(cnn3Cc3ccc(-c4ccc(Cl)cc4F)cc3)n2)c1. The van der Waals surface area contributed by atoms with Gasteiger partial charge in [0.15, 0.2) is 0 Å². The zero-order valence-electron chi connectivity index (χ0n) is 16.7. The Kier molecular flexibility index (Phi) is 4.98. The van der Waals surface area contributed by atoms with Crippen molar-refractivity contribution in [3.05, 3.63) is 83.0 Å². The highest BCUT2D eigenvalue weighted by molar-refractivity contribution is 6.30. The van der Waals surface area contributed by atoms with Crippen LogP contribution >= 0.6 is 11.6 Å². The van der Waals surface area contributed by atoms with Gasteiger partial charge >= 0.3 is 5.97 Å². The van der Waals surface area contributed by atoms with Crippen molar-refractivity contribution in [2.24, 2.45) is 0 Å². The minimum absolute atomic E-state index is 0.0152. The number of nitrogens with zero attached hydrogens (tertiary/aromatic N) is 6. The largest absolute Gasteiger partial charge is 0.492 e. The molecule has 0 aliphatic heterocycles. The van der Waals surface area contributed by atoms with Crippen molar-refractivity contribution in [3.63, 3.8) is 0 Å². The fraction of sp³-hybridized carbons (Fsp3) is 0.0455. The Morgan fingerprint density at radius 2 is 1.85 bits per heavy atom. The van der Waals surface area contributed by atoms with Crippen LogP contribution in [-0.4, -0.2) is 45.7 Å². The molecule has 0 atom stereocenters. The minimum Gasteiger partial charge on any atom is -0.492 e. The molecule has 5 rings (SSSR count). The molecule has 0 saturated carbocycles. The van der Waals surface area contributed by atoms with E-state index in [-0.39, 0.29) is 17.4 Å². The first-order valence-electron chi connectivity index (χ1n) is 9.64. The van der Waals surface area contributed by atoms with Crippen LogP contribution in [0.3, 0.4) is 0 Å². The second kappa shape index (κ2) is 7.99. The summed E-state index contributed by atoms with van der Waals surface area (Å²) in [6.45, 7) is 0.314. The number of halogens is 2. The molecular formula is C22H14ClFN6O3. The fourth-order valence-corrected chi connectivity index (χ4v) is 3.58. The van der Waals surface area contributed by atoms with Crippen molar-refractivity contribution in [3.8, 4) is 23.0 Å². The molecule has 0 aliphatic carbocycles. The normalized spacial score (nSPS) is 11.2. The van der Waals surface area contributed by atoms with Gasteiger partial charge in [0, 0.05) is 16.8 Å². The van der Waals surface area contributed by atoms with Gasteiger partial charge in [-0.15, -0.1) is 0 Å². The summed E-state index contributed by atoms with van der Waals surface area (Å²) in [6.07, 6.45) is 3.88. The van der Waals surface area contributed by atoms with Crippen LogP contribution in [0.25, 0.3) is 28.1 Å². The van der Waals surface area contributed by atoms with Gasteiger partial charge in [0.1, 0.15) is 16.9 Å². The Labute approximate surface area is 190 Å². The molecule has 0 spiro atoms. The lowest BCUT2D eigenvalue weighted by Crippen LogP contribution is -2.05. The number of fused-ring (bicyclic) bond motifs is 1. The monoisotopic (exact) mass is 464 g/mol. The number of hydrogen-bond acceptors (Lipinski definition) is 6. The molecule has 9 nitrogen and oxygen atoms in total. The van der Waals surface area contributed by atoms with Crippen LogP contribution in [0.4, 0.5) is 4.39 Å². The van der Waals surface area contributed by atoms with E-state index in [4.69, 9.17) is 16.7 Å². The Hall–Kier alpha value is -4.31. The molecule has 164 valence electrons. The number of aromatic carboxylic acids is 1. The van der Waals surface area contributed by atoms with Gasteiger partial charge in [0.2, 0.25) is 5.88 Å². The fourth-order valence-electron chi connectivity index (χ4n) is 3.42. The summed E-state index contributed by atoms with van der Waals surface area (Å²) in [5, 5.41) is 28.1. The highest BCUT2D eigenvalue weighted by Gasteiger charge is 2.16. The quantitative estimate of drug-likeness (QED) is 0.404. The molecule has 3 aromatic heterocycles. The van der Waals surface area contributed by atoms with Gasteiger partial charge in [-0.3, -0.25) is 4.68 Å². The third-order valence-corrected chi connectivity index (χ3v) is 5.26. The molecule has 0 saturated heterocycles. The van der Waals surface area contributed by atoms with E-state index < -0.39 is 11.8 Å². The lowest BCUT2D eigenvalue weighted by atomic mass is 10.0. The van der Waals surface area contributed by atoms with Crippen molar-refractivity contribution in [1.29, 1.82) is 0 Å². The first-order valence-corrected chi connectivity index (χ1v) is 10.0. The van der Waals surface area contributed by atoms with Crippen molar-refractivity contribution in [2.45, 2.75) is 6.54 Å². The molecule has 0 fully saturated rings. The van der Waals surface area contributed by atoms with E-state index in [1.165, 1.54) is 23.1 Å². The second-order valence-corrected chi connectivity index (χ2v) is 7.62. The molecule has 0 bridgehead atoms. The molecular weight excluding hydrogens is 451 g/mol. The number of benzene rings is 2. The Balaban J connectivity index is 1.43. The highest BCUT2D eigenvalue weighted by atomic mass is 35.5. The number of carboxylic acids is 1. The van der Waals surface area contributed by atoms with Crippen LogP contribution in [0.5, 0.6) is 5.88 Å². The molecule has 2 N–H and O–H groups in total. The van der Waals surface area contributed by atoms with E-state index in [0.717, 1.165) is 16.4 Å². The van der Waals surface area contributed by atoms with E-state index >= 15 is 0 Å². The number of rotatable bonds is 5. The van der Waals surface area contributed by atoms with E-state index in [1.807, 2.05) is 12.1 Å². The lowest BCUT2D eigenvalue weighted by Gasteiger charge is -2.08. The van der Waals surface area contributed by atoms with Crippen LogP contribution < -0.4 is 0 Å². The summed E-state index contributed by atoms with van der Waals surface area (Å²) >= 11 is 5.82. The summed E-state index contributed by atoms with van der Waals surface area (Å²) in [5.74, 6) is -1.84. The molecule has 5 aromatic rings. The molecule has 0 aliphatic rings. The lowest BCUT2D eigenvalue weighted by molar-refractivity contribution is 0.0697. The van der Waals surface area contributed by atoms with Gasteiger partial charge in [-0.1, -0.05) is 35.9 Å². The summed E-state index contributed by atoms with van der Waals surface area (Å²) in [6, 6.07) is 11.8. The standard InChI is InChI=1S/C22H14ClFN6O3/c23-15-5-6-16(17(24)7-15)13-3-1-12(2-4-13)10-29-19-18(9-26-29)27-22(28-20(19)31)30-11-14(8-25-30)21(32)33/h1-9,11H,10H2,(H,32,33)(H,27,28,31). The molecule has 33 heavy (non-hydrogen) atoms. The number of carbonyl (C=O) groups is 1. The van der Waals surface area contributed by atoms with Crippen LogP contribution in [-0.2, 0) is 6.54 Å². The summed E-state index contributed by atoms with van der Waals surface area (Å²) in [7, 11) is 0. The maximum Gasteiger partial charge on any atom is 0.338 e. The van der Waals surface area contributed by atoms with Crippen molar-refractivity contribution in [1.82, 2.24) is 29.5 Å². The van der Waals surface area contributed by atoms with Crippen molar-refractivity contribution < 1.29 is 19.4 Å². The van der Waals surface area contributed by atoms with Gasteiger partial charge in [-0.25, -0.2) is 18.9 Å². The topological polar surface area (TPSA) is 119 Å². The highest BCUT2D eigenvalue weighted by Crippen LogP contribution is 2.27. The van der Waals surface area contributed by atoms with Gasteiger partial charge in [-0.05, 0) is 29.3 Å². The Morgan fingerprint density at radius 3 is 2.55 bits per heavy atom. The molecule has 3 heterocycles. The first-order chi connectivity index (χ1) is 15.9. The zero-order valence-corrected chi connectivity index (χ0v) is 17.5. The smallest absolute Gasteiger partial charge is 0.338 e. The van der Waals surface area contributed by atoms with Gasteiger partial charge < -0.3 is 10.2 Å².